The molecule has 0 saturated heterocycles. The summed E-state index contributed by atoms with van der Waals surface area (Å²) < 4.78 is 10.9. The van der Waals surface area contributed by atoms with Gasteiger partial charge in [-0.05, 0) is 32.0 Å². The van der Waals surface area contributed by atoms with Gasteiger partial charge in [0.05, 0.1) is 28.0 Å². The van der Waals surface area contributed by atoms with Crippen LogP contribution in [0.2, 0.25) is 0 Å². The lowest BCUT2D eigenvalue weighted by Crippen LogP contribution is -2.12. The van der Waals surface area contributed by atoms with E-state index in [2.05, 4.69) is 20.2 Å². The number of H-pyrrole nitrogens is 1. The molecule has 0 amide bonds. The molecule has 0 bridgehead atoms. The van der Waals surface area contributed by atoms with E-state index in [1.54, 1.807) is 18.4 Å². The molecular formula is C17H14N4O3S. The number of benzene rings is 1. The Morgan fingerprint density at radius 2 is 2.04 bits per heavy atom. The van der Waals surface area contributed by atoms with E-state index >= 15 is 0 Å². The quantitative estimate of drug-likeness (QED) is 0.558. The second-order valence-electron chi connectivity index (χ2n) is 5.49. The van der Waals surface area contributed by atoms with Gasteiger partial charge < -0.3 is 13.8 Å². The average Bonchev–Trinajstić information content (AvgIpc) is 3.23. The summed E-state index contributed by atoms with van der Waals surface area (Å²) in [6.07, 6.45) is 1.58. The highest BCUT2D eigenvalue weighted by Gasteiger charge is 2.18. The number of aromatic amines is 1. The lowest BCUT2D eigenvalue weighted by molar-refractivity contribution is 0.462. The van der Waals surface area contributed by atoms with E-state index in [-0.39, 0.29) is 10.8 Å². The number of aryl methyl sites for hydroxylation is 1. The molecule has 25 heavy (non-hydrogen) atoms. The summed E-state index contributed by atoms with van der Waals surface area (Å²) in [5.41, 5.74) is 1.27. The van der Waals surface area contributed by atoms with Crippen LogP contribution in [0, 0.1) is 6.92 Å². The lowest BCUT2D eigenvalue weighted by Gasteiger charge is -2.08. The average molecular weight is 354 g/mol. The molecule has 1 N–H and O–H groups in total. The molecule has 3 heterocycles. The van der Waals surface area contributed by atoms with Crippen molar-refractivity contribution in [1.82, 2.24) is 20.2 Å². The van der Waals surface area contributed by atoms with Crippen molar-refractivity contribution < 1.29 is 8.83 Å². The number of rotatable bonds is 4. The van der Waals surface area contributed by atoms with Crippen LogP contribution in [0.15, 0.2) is 55.4 Å². The van der Waals surface area contributed by atoms with Gasteiger partial charge in [-0.15, -0.1) is 10.2 Å². The molecule has 1 unspecified atom stereocenters. The number of aromatic nitrogens is 4. The Morgan fingerprint density at radius 1 is 1.20 bits per heavy atom. The molecule has 7 nitrogen and oxygen atoms in total. The van der Waals surface area contributed by atoms with Gasteiger partial charge in [-0.2, -0.15) is 0 Å². The van der Waals surface area contributed by atoms with Crippen LogP contribution in [0.5, 0.6) is 0 Å². The summed E-state index contributed by atoms with van der Waals surface area (Å²) in [6, 6.07) is 9.02. The van der Waals surface area contributed by atoms with Gasteiger partial charge in [0, 0.05) is 0 Å². The Balaban J connectivity index is 1.60. The van der Waals surface area contributed by atoms with Gasteiger partial charge in [0.15, 0.2) is 0 Å². The van der Waals surface area contributed by atoms with Crippen molar-refractivity contribution in [3.63, 3.8) is 0 Å². The standard InChI is InChI=1S/C17H14N4O3S/c1-9-11(7-8-23-9)16-20-21-17(24-16)25-10(2)14-18-13-6-4-3-5-12(13)15(22)19-14/h3-8,10H,1-2H3,(H,18,19,22). The second-order valence-corrected chi connectivity index (χ2v) is 6.78. The number of hydrogen-bond acceptors (Lipinski definition) is 7. The van der Waals surface area contributed by atoms with Crippen LogP contribution in [0.4, 0.5) is 0 Å². The maximum absolute atomic E-state index is 12.2. The van der Waals surface area contributed by atoms with Gasteiger partial charge in [0.1, 0.15) is 11.6 Å². The lowest BCUT2D eigenvalue weighted by atomic mass is 10.2. The van der Waals surface area contributed by atoms with E-state index in [9.17, 15) is 4.79 Å². The first-order chi connectivity index (χ1) is 12.1. The number of thioether (sulfide) groups is 1. The van der Waals surface area contributed by atoms with Gasteiger partial charge in [-0.1, -0.05) is 23.9 Å². The molecular weight excluding hydrogens is 340 g/mol. The van der Waals surface area contributed by atoms with E-state index in [0.29, 0.717) is 33.6 Å². The molecule has 0 spiro atoms. The Kier molecular flexibility index (Phi) is 3.89. The first-order valence-electron chi connectivity index (χ1n) is 7.65. The number of hydrogen-bond donors (Lipinski definition) is 1. The molecule has 0 aliphatic rings. The number of para-hydroxylation sites is 1. The number of nitrogens with zero attached hydrogens (tertiary/aromatic N) is 3. The minimum atomic E-state index is -0.159. The van der Waals surface area contributed by atoms with Crippen LogP contribution in [0.1, 0.15) is 23.8 Å². The van der Waals surface area contributed by atoms with Gasteiger partial charge in [-0.25, -0.2) is 4.98 Å². The first kappa shape index (κ1) is 15.6. The number of nitrogens with one attached hydrogen (secondary N) is 1. The van der Waals surface area contributed by atoms with E-state index in [0.717, 1.165) is 5.56 Å². The molecule has 0 aliphatic carbocycles. The smallest absolute Gasteiger partial charge is 0.277 e. The minimum Gasteiger partial charge on any atom is -0.469 e. The van der Waals surface area contributed by atoms with Crippen molar-refractivity contribution in [2.45, 2.75) is 24.3 Å². The van der Waals surface area contributed by atoms with Crippen LogP contribution in [0.25, 0.3) is 22.4 Å². The highest BCUT2D eigenvalue weighted by Crippen LogP contribution is 2.34. The van der Waals surface area contributed by atoms with Gasteiger partial charge in [0.25, 0.3) is 16.7 Å². The van der Waals surface area contributed by atoms with E-state index in [1.807, 2.05) is 32.0 Å². The molecule has 0 saturated carbocycles. The Bertz CT molecular complexity index is 1100. The summed E-state index contributed by atoms with van der Waals surface area (Å²) in [5.74, 6) is 1.68. The zero-order valence-corrected chi connectivity index (χ0v) is 14.3. The first-order valence-corrected chi connectivity index (χ1v) is 8.53. The minimum absolute atomic E-state index is 0.156. The summed E-state index contributed by atoms with van der Waals surface area (Å²) in [7, 11) is 0. The van der Waals surface area contributed by atoms with Crippen molar-refractivity contribution in [1.29, 1.82) is 0 Å². The summed E-state index contributed by atoms with van der Waals surface area (Å²) in [4.78, 5) is 19.5. The highest BCUT2D eigenvalue weighted by atomic mass is 32.2. The van der Waals surface area contributed by atoms with E-state index in [1.165, 1.54) is 11.8 Å². The van der Waals surface area contributed by atoms with Crippen molar-refractivity contribution in [2.24, 2.45) is 0 Å². The predicted octanol–water partition coefficient (Wildman–Crippen LogP) is 3.73. The van der Waals surface area contributed by atoms with Gasteiger partial charge >= 0.3 is 0 Å². The van der Waals surface area contributed by atoms with Crippen LogP contribution < -0.4 is 5.56 Å². The fourth-order valence-corrected chi connectivity index (χ4v) is 3.22. The monoisotopic (exact) mass is 354 g/mol. The van der Waals surface area contributed by atoms with Crippen LogP contribution in [-0.4, -0.2) is 20.2 Å². The molecule has 0 aliphatic heterocycles. The highest BCUT2D eigenvalue weighted by molar-refractivity contribution is 7.99. The number of furan rings is 1. The molecule has 0 fully saturated rings. The molecule has 126 valence electrons. The SMILES string of the molecule is Cc1occc1-c1nnc(SC(C)c2nc3ccccc3c(=O)[nH]2)o1. The third-order valence-electron chi connectivity index (χ3n) is 3.79. The third-order valence-corrected chi connectivity index (χ3v) is 4.73. The fraction of sp³-hybridized carbons (Fsp3) is 0.176. The Labute approximate surface area is 146 Å². The fourth-order valence-electron chi connectivity index (χ4n) is 2.48. The zero-order chi connectivity index (χ0) is 17.4. The number of fused-ring (bicyclic) bond motifs is 1. The van der Waals surface area contributed by atoms with E-state index < -0.39 is 0 Å². The predicted molar refractivity (Wildman–Crippen MR) is 93.4 cm³/mol. The van der Waals surface area contributed by atoms with Gasteiger partial charge in [0.2, 0.25) is 0 Å². The van der Waals surface area contributed by atoms with Crippen molar-refractivity contribution in [2.75, 3.05) is 0 Å². The molecule has 0 radical (unpaired) electrons. The summed E-state index contributed by atoms with van der Waals surface area (Å²) >= 11 is 1.33. The van der Waals surface area contributed by atoms with Crippen LogP contribution >= 0.6 is 11.8 Å². The molecule has 1 atom stereocenters. The summed E-state index contributed by atoms with van der Waals surface area (Å²) in [5, 5.41) is 8.91. The largest absolute Gasteiger partial charge is 0.469 e. The van der Waals surface area contributed by atoms with Crippen molar-refractivity contribution in [3.8, 4) is 11.5 Å². The van der Waals surface area contributed by atoms with Crippen molar-refractivity contribution in [3.05, 3.63) is 58.5 Å². The topological polar surface area (TPSA) is 97.8 Å². The normalized spacial score (nSPS) is 12.6. The maximum atomic E-state index is 12.2. The molecule has 3 aromatic heterocycles. The maximum Gasteiger partial charge on any atom is 0.277 e. The Morgan fingerprint density at radius 3 is 2.84 bits per heavy atom. The van der Waals surface area contributed by atoms with Crippen LogP contribution in [0.3, 0.4) is 0 Å². The van der Waals surface area contributed by atoms with Crippen molar-refractivity contribution >= 4 is 22.7 Å². The zero-order valence-electron chi connectivity index (χ0n) is 13.5. The van der Waals surface area contributed by atoms with Crippen LogP contribution in [-0.2, 0) is 0 Å². The second kappa shape index (κ2) is 6.21. The van der Waals surface area contributed by atoms with E-state index in [4.69, 9.17) is 8.83 Å². The molecule has 1 aromatic carbocycles. The molecule has 4 rings (SSSR count). The van der Waals surface area contributed by atoms with Gasteiger partial charge in [-0.3, -0.25) is 4.79 Å². The third kappa shape index (κ3) is 2.96. The summed E-state index contributed by atoms with van der Waals surface area (Å²) in [6.45, 7) is 3.75. The molecule has 8 heteroatoms. The molecule has 4 aromatic rings. The Hall–Kier alpha value is -2.87.